The van der Waals surface area contributed by atoms with Crippen LogP contribution in [0.5, 0.6) is 0 Å². The zero-order valence-electron chi connectivity index (χ0n) is 67.5. The van der Waals surface area contributed by atoms with E-state index >= 15 is 0 Å². The van der Waals surface area contributed by atoms with E-state index < -0.39 is 140 Å². The zero-order chi connectivity index (χ0) is 84.4. The molecule has 114 heavy (non-hydrogen) atoms. The number of ketones is 2. The Morgan fingerprint density at radius 1 is 0.325 bits per heavy atom. The van der Waals surface area contributed by atoms with E-state index in [4.69, 9.17) is 42.6 Å². The van der Waals surface area contributed by atoms with Gasteiger partial charge in [0.05, 0.1) is 59.5 Å². The number of Topliss-reactive ketones (excluding diaryl/α,β-unsaturated/α-hetero) is 2. The first-order valence-electron chi connectivity index (χ1n) is 40.3. The first kappa shape index (κ1) is 102. The van der Waals surface area contributed by atoms with Crippen LogP contribution in [0.1, 0.15) is 202 Å². The number of amides is 9. The predicted molar refractivity (Wildman–Crippen MR) is 407 cm³/mol. The van der Waals surface area contributed by atoms with E-state index in [-0.39, 0.29) is 191 Å². The molecular formula is C76H135N9O29. The lowest BCUT2D eigenvalue weighted by atomic mass is 9.88. The van der Waals surface area contributed by atoms with Crippen molar-refractivity contribution in [1.82, 2.24) is 47.9 Å². The second-order valence-electron chi connectivity index (χ2n) is 30.3. The number of unbranched alkanes of at least 4 members (excludes halogenated alkanes) is 9. The molecule has 38 nitrogen and oxygen atoms in total. The Hall–Kier alpha value is -6.15. The van der Waals surface area contributed by atoms with Crippen molar-refractivity contribution in [2.75, 3.05) is 112 Å². The molecule has 9 amide bonds. The molecule has 0 bridgehead atoms. The van der Waals surface area contributed by atoms with Crippen molar-refractivity contribution in [1.29, 1.82) is 0 Å². The van der Waals surface area contributed by atoms with Crippen molar-refractivity contribution < 1.29 is 141 Å². The Kier molecular flexibility index (Phi) is 51.8. The van der Waals surface area contributed by atoms with E-state index in [2.05, 4.69) is 47.9 Å². The maximum absolute atomic E-state index is 13.9. The Morgan fingerprint density at radius 3 is 0.930 bits per heavy atom. The van der Waals surface area contributed by atoms with Gasteiger partial charge < -0.3 is 136 Å². The number of rotatable bonds is 62. The maximum atomic E-state index is 13.9. The average Bonchev–Trinajstić information content (AvgIpc) is 0.815. The van der Waals surface area contributed by atoms with Gasteiger partial charge in [-0.05, 0) is 77.0 Å². The van der Waals surface area contributed by atoms with Crippen molar-refractivity contribution in [3.05, 3.63) is 0 Å². The minimum atomic E-state index is -1.46. The Morgan fingerprint density at radius 2 is 0.605 bits per heavy atom. The molecule has 0 radical (unpaired) electrons. The molecule has 658 valence electrons. The lowest BCUT2D eigenvalue weighted by molar-refractivity contribution is -0.270. The highest BCUT2D eigenvalue weighted by Gasteiger charge is 2.48. The minimum absolute atomic E-state index is 0.000113. The number of hydrogen-bond acceptors (Lipinski definition) is 29. The van der Waals surface area contributed by atoms with E-state index in [1.54, 1.807) is 0 Å². The van der Waals surface area contributed by atoms with Gasteiger partial charge in [-0.15, -0.1) is 0 Å². The molecule has 0 aromatic heterocycles. The summed E-state index contributed by atoms with van der Waals surface area (Å²) in [6, 6.07) is -3.27. The third-order valence-corrected chi connectivity index (χ3v) is 19.1. The van der Waals surface area contributed by atoms with Gasteiger partial charge in [0.25, 0.3) is 0 Å². The molecule has 3 saturated heterocycles. The van der Waals surface area contributed by atoms with Gasteiger partial charge in [-0.2, -0.15) is 0 Å². The predicted octanol–water partition coefficient (Wildman–Crippen LogP) is -2.71. The molecule has 38 heteroatoms. The van der Waals surface area contributed by atoms with E-state index in [0.717, 1.165) is 32.1 Å². The summed E-state index contributed by atoms with van der Waals surface area (Å²) in [5.41, 5.74) is -1.82. The Labute approximate surface area is 668 Å². The second-order valence-corrected chi connectivity index (χ2v) is 30.3. The summed E-state index contributed by atoms with van der Waals surface area (Å²) in [6.07, 6.45) is -5.54. The summed E-state index contributed by atoms with van der Waals surface area (Å²) >= 11 is 0. The summed E-state index contributed by atoms with van der Waals surface area (Å²) in [5, 5.41) is 116. The lowest BCUT2D eigenvalue weighted by Gasteiger charge is -2.42. The number of aliphatic hydroxyl groups excluding tert-OH is 9. The Bertz CT molecular complexity index is 2580. The minimum Gasteiger partial charge on any atom is -0.394 e. The molecule has 0 aromatic carbocycles. The largest absolute Gasteiger partial charge is 0.394 e. The third-order valence-electron chi connectivity index (χ3n) is 19.1. The maximum Gasteiger partial charge on any atom is 0.222 e. The SMILES string of the molecule is CC(=O)NC1[C@H](OCCCCC(=O)CCCCNC(=O)CCOCC(COCCC(=O)NCCCNC(=O)CCCCO[C@@H]2OC(CO)[C@@H](O)[C@H](O)C2NC(C)=O)(COCCC(=O)NCCCNC(=O)CCCCO[C@@H]2OC(CO)[C@@H](O)[C@H](O)C2NC(C)=O)NC(=O)CCCCCCCCC(=O)C(C)(C)C)OC(CO)[C@@H](O)[C@@H]1O. The molecule has 18 N–H and O–H groups in total. The molecule has 3 aliphatic heterocycles. The van der Waals surface area contributed by atoms with Gasteiger partial charge in [-0.3, -0.25) is 52.7 Å². The van der Waals surface area contributed by atoms with Crippen LogP contribution < -0.4 is 47.9 Å². The monoisotopic (exact) mass is 1640 g/mol. The number of hydrogen-bond donors (Lipinski definition) is 18. The molecule has 0 aromatic rings. The van der Waals surface area contributed by atoms with E-state index in [1.807, 2.05) is 20.8 Å². The highest BCUT2D eigenvalue weighted by atomic mass is 16.7. The van der Waals surface area contributed by atoms with Crippen LogP contribution in [0.3, 0.4) is 0 Å². The average molecular weight is 1640 g/mol. The highest BCUT2D eigenvalue weighted by molar-refractivity contribution is 5.83. The van der Waals surface area contributed by atoms with Crippen molar-refractivity contribution in [3.63, 3.8) is 0 Å². The summed E-state index contributed by atoms with van der Waals surface area (Å²) in [6.45, 7) is 8.03. The zero-order valence-corrected chi connectivity index (χ0v) is 67.5. The van der Waals surface area contributed by atoms with E-state index in [1.165, 1.54) is 20.8 Å². The first-order valence-corrected chi connectivity index (χ1v) is 40.3. The summed E-state index contributed by atoms with van der Waals surface area (Å²) in [4.78, 5) is 139. The van der Waals surface area contributed by atoms with Crippen LogP contribution >= 0.6 is 0 Å². The van der Waals surface area contributed by atoms with E-state index in [9.17, 15) is 98.7 Å². The molecule has 3 aliphatic rings. The normalized spacial score (nSPS) is 24.1. The fraction of sp³-hybridized carbons (Fsp3) is 0.855. The quantitative estimate of drug-likeness (QED) is 0.0275. The molecule has 0 spiro atoms. The van der Waals surface area contributed by atoms with Crippen LogP contribution in [0, 0.1) is 5.41 Å². The van der Waals surface area contributed by atoms with Crippen LogP contribution in [-0.2, 0) is 95.4 Å². The molecule has 0 aliphatic carbocycles. The molecule has 0 saturated carbocycles. The van der Waals surface area contributed by atoms with Crippen LogP contribution in [-0.4, -0.2) is 320 Å². The fourth-order valence-electron chi connectivity index (χ4n) is 12.5. The van der Waals surface area contributed by atoms with Crippen LogP contribution in [0.25, 0.3) is 0 Å². The smallest absolute Gasteiger partial charge is 0.222 e. The third kappa shape index (κ3) is 42.3. The molecule has 3 rings (SSSR count). The van der Waals surface area contributed by atoms with Gasteiger partial charge >= 0.3 is 0 Å². The van der Waals surface area contributed by atoms with Crippen LogP contribution in [0.15, 0.2) is 0 Å². The summed E-state index contributed by atoms with van der Waals surface area (Å²) in [7, 11) is 0. The lowest BCUT2D eigenvalue weighted by Crippen LogP contribution is -2.64. The topological polar surface area (TPSA) is 561 Å². The van der Waals surface area contributed by atoms with Crippen molar-refractivity contribution in [2.45, 2.75) is 300 Å². The van der Waals surface area contributed by atoms with Crippen molar-refractivity contribution in [2.24, 2.45) is 5.41 Å². The highest BCUT2D eigenvalue weighted by Crippen LogP contribution is 2.27. The molecule has 6 unspecified atom stereocenters. The number of ether oxygens (including phenoxy) is 9. The molecule has 3 fully saturated rings. The van der Waals surface area contributed by atoms with E-state index in [0.29, 0.717) is 77.0 Å². The number of nitrogens with one attached hydrogen (secondary N) is 9. The molecule has 15 atom stereocenters. The molecule has 3 heterocycles. The summed E-state index contributed by atoms with van der Waals surface area (Å²) in [5.74, 6) is -3.20. The fourth-order valence-corrected chi connectivity index (χ4v) is 12.5. The summed E-state index contributed by atoms with van der Waals surface area (Å²) < 4.78 is 52.2. The first-order chi connectivity index (χ1) is 54.3. The number of carbonyl (C=O) groups excluding carboxylic acids is 11. The van der Waals surface area contributed by atoms with Gasteiger partial charge in [0.2, 0.25) is 53.2 Å². The number of aliphatic hydroxyl groups is 9. The molecular weight excluding hydrogens is 1500 g/mol. The van der Waals surface area contributed by atoms with Crippen LogP contribution in [0.2, 0.25) is 0 Å². The second kappa shape index (κ2) is 57.9. The van der Waals surface area contributed by atoms with Gasteiger partial charge in [-0.1, -0.05) is 46.5 Å². The van der Waals surface area contributed by atoms with Gasteiger partial charge in [0, 0.05) is 137 Å². The Balaban J connectivity index is 1.56. The van der Waals surface area contributed by atoms with Crippen molar-refractivity contribution >= 4 is 64.7 Å². The van der Waals surface area contributed by atoms with Crippen molar-refractivity contribution in [3.8, 4) is 0 Å². The van der Waals surface area contributed by atoms with Crippen LogP contribution in [0.4, 0.5) is 0 Å². The van der Waals surface area contributed by atoms with Gasteiger partial charge in [0.15, 0.2) is 18.9 Å². The van der Waals surface area contributed by atoms with Gasteiger partial charge in [-0.25, -0.2) is 0 Å². The standard InChI is InChI=1S/C76H135N9O29/c1-49(89)82-63-69(103)66(100)53(43-86)112-72(63)109-37-18-14-24-52(92)23-13-17-32-77-59(96)29-40-106-46-76(85-62(99)28-12-10-8-7-9-11-25-56(93)75(4,5)6,47-107-41-30-60(97)80-35-21-33-78-57(94)26-15-19-38-110-73-64(83-50(2)90)70(104)67(101)54(44-87)113-73)48-108-42-31-61(98)81-36-22-34-79-58(95)27-16-20-39-111-74-65(84-51(3)91)71(105)68(102)55(45-88)114-74/h53-55,63-74,86-88,100-105H,7-48H2,1-6H3,(H,77,96)(H,78,94)(H,79,95)(H,80,97)(H,81,98)(H,82,89)(H,83,90)(H,84,91)(H,85,99)/t53?,54?,55?,63?,64?,65?,66-,67-,68-,69-,70-,71-,72-,73-,74-,76?/m1/s1. The van der Waals surface area contributed by atoms with Gasteiger partial charge in [0.1, 0.15) is 90.2 Å². The number of carbonyl (C=O) groups is 11.